The van der Waals surface area contributed by atoms with Gasteiger partial charge in [-0.2, -0.15) is 16.4 Å². The first kappa shape index (κ1) is 19.4. The summed E-state index contributed by atoms with van der Waals surface area (Å²) in [6, 6.07) is 2.49. The summed E-state index contributed by atoms with van der Waals surface area (Å²) in [5.41, 5.74) is 4.14. The van der Waals surface area contributed by atoms with Crippen molar-refractivity contribution in [1.29, 1.82) is 0 Å². The van der Waals surface area contributed by atoms with Crippen LogP contribution in [0.1, 0.15) is 46.6 Å². The Hall–Kier alpha value is -1.37. The minimum atomic E-state index is 0. The summed E-state index contributed by atoms with van der Waals surface area (Å²) < 4.78 is 1.82. The van der Waals surface area contributed by atoms with Crippen LogP contribution >= 0.6 is 23.7 Å². The van der Waals surface area contributed by atoms with Gasteiger partial charge in [-0.05, 0) is 74.0 Å². The standard InChI is InChI=1S/C19H26N4OS.ClH/c1-13-17(14(2)22(3)21-13)18(24)23(11-15-4-9-25-12-15)16-10-19(16)5-7-20-8-6-19;/h4,9,12,16,20H,5-8,10-11H2,1-3H3;1H. The van der Waals surface area contributed by atoms with E-state index in [4.69, 9.17) is 0 Å². The van der Waals surface area contributed by atoms with Crippen molar-refractivity contribution in [2.75, 3.05) is 13.1 Å². The third kappa shape index (κ3) is 3.30. The van der Waals surface area contributed by atoms with Crippen LogP contribution in [-0.4, -0.2) is 39.7 Å². The smallest absolute Gasteiger partial charge is 0.258 e. The molecule has 26 heavy (non-hydrogen) atoms. The number of piperidine rings is 1. The topological polar surface area (TPSA) is 50.2 Å². The minimum absolute atomic E-state index is 0. The van der Waals surface area contributed by atoms with Crippen LogP contribution in [0.2, 0.25) is 0 Å². The van der Waals surface area contributed by atoms with Gasteiger partial charge in [0, 0.05) is 25.3 Å². The first-order valence-corrected chi connectivity index (χ1v) is 9.99. The normalized spacial score (nSPS) is 20.7. The Morgan fingerprint density at radius 2 is 2.15 bits per heavy atom. The van der Waals surface area contributed by atoms with Gasteiger partial charge in [0.05, 0.1) is 11.3 Å². The van der Waals surface area contributed by atoms with Crippen LogP contribution in [0.4, 0.5) is 0 Å². The predicted octanol–water partition coefficient (Wildman–Crippen LogP) is 3.30. The van der Waals surface area contributed by atoms with Gasteiger partial charge < -0.3 is 10.2 Å². The van der Waals surface area contributed by atoms with Gasteiger partial charge in [-0.15, -0.1) is 12.4 Å². The summed E-state index contributed by atoms with van der Waals surface area (Å²) in [6.07, 6.45) is 3.50. The highest BCUT2D eigenvalue weighted by Crippen LogP contribution is 2.56. The van der Waals surface area contributed by atoms with E-state index in [1.54, 1.807) is 11.3 Å². The number of nitrogens with zero attached hydrogens (tertiary/aromatic N) is 3. The highest BCUT2D eigenvalue weighted by molar-refractivity contribution is 7.07. The van der Waals surface area contributed by atoms with E-state index in [0.29, 0.717) is 18.0 Å². The number of carbonyl (C=O) groups excluding carboxylic acids is 1. The molecule has 1 spiro atoms. The average molecular weight is 395 g/mol. The van der Waals surface area contributed by atoms with Gasteiger partial charge in [0.15, 0.2) is 0 Å². The lowest BCUT2D eigenvalue weighted by molar-refractivity contribution is 0.0691. The van der Waals surface area contributed by atoms with Gasteiger partial charge in [0.2, 0.25) is 0 Å². The van der Waals surface area contributed by atoms with Gasteiger partial charge in [-0.1, -0.05) is 0 Å². The molecule has 1 atom stereocenters. The molecule has 2 aromatic heterocycles. The molecule has 1 unspecified atom stereocenters. The Balaban J connectivity index is 0.00000196. The van der Waals surface area contributed by atoms with Gasteiger partial charge in [-0.25, -0.2) is 0 Å². The SMILES string of the molecule is Cc1nn(C)c(C)c1C(=O)N(Cc1ccsc1)C1CC12CCNCC2.Cl. The Kier molecular flexibility index (Phi) is 5.47. The molecule has 0 radical (unpaired) electrons. The number of rotatable bonds is 4. The van der Waals surface area contributed by atoms with Crippen molar-refractivity contribution < 1.29 is 4.79 Å². The van der Waals surface area contributed by atoms with E-state index in [2.05, 4.69) is 32.1 Å². The molecule has 5 nitrogen and oxygen atoms in total. The highest BCUT2D eigenvalue weighted by atomic mass is 35.5. The van der Waals surface area contributed by atoms with Crippen molar-refractivity contribution in [1.82, 2.24) is 20.0 Å². The number of hydrogen-bond acceptors (Lipinski definition) is 4. The largest absolute Gasteiger partial charge is 0.331 e. The molecule has 1 aliphatic carbocycles. The van der Waals surface area contributed by atoms with Crippen molar-refractivity contribution in [2.45, 2.75) is 45.7 Å². The molecular weight excluding hydrogens is 368 g/mol. The number of carbonyl (C=O) groups is 1. The van der Waals surface area contributed by atoms with Crippen LogP contribution in [0.15, 0.2) is 16.8 Å². The van der Waals surface area contributed by atoms with E-state index in [-0.39, 0.29) is 18.3 Å². The lowest BCUT2D eigenvalue weighted by atomic mass is 9.93. The third-order valence-corrected chi connectivity index (χ3v) is 6.77. The first-order chi connectivity index (χ1) is 12.0. The number of nitrogens with one attached hydrogen (secondary N) is 1. The van der Waals surface area contributed by atoms with Gasteiger partial charge in [-0.3, -0.25) is 9.48 Å². The number of aryl methyl sites for hydroxylation is 2. The summed E-state index contributed by atoms with van der Waals surface area (Å²) in [6.45, 7) is 6.78. The molecule has 2 fully saturated rings. The molecule has 7 heteroatoms. The lowest BCUT2D eigenvalue weighted by Gasteiger charge is -2.29. The van der Waals surface area contributed by atoms with Gasteiger partial charge in [0.25, 0.3) is 5.91 Å². The molecule has 1 saturated carbocycles. The number of halogens is 1. The van der Waals surface area contributed by atoms with Crippen LogP contribution in [0.25, 0.3) is 0 Å². The maximum absolute atomic E-state index is 13.5. The predicted molar refractivity (Wildman–Crippen MR) is 107 cm³/mol. The van der Waals surface area contributed by atoms with E-state index in [9.17, 15) is 4.79 Å². The monoisotopic (exact) mass is 394 g/mol. The number of hydrogen-bond donors (Lipinski definition) is 1. The Labute approximate surface area is 165 Å². The first-order valence-electron chi connectivity index (χ1n) is 9.05. The van der Waals surface area contributed by atoms with Crippen molar-refractivity contribution in [3.05, 3.63) is 39.3 Å². The van der Waals surface area contributed by atoms with Gasteiger partial charge >= 0.3 is 0 Å². The molecule has 1 N–H and O–H groups in total. The maximum atomic E-state index is 13.5. The zero-order valence-corrected chi connectivity index (χ0v) is 17.3. The lowest BCUT2D eigenvalue weighted by Crippen LogP contribution is -2.39. The Morgan fingerprint density at radius 3 is 2.73 bits per heavy atom. The van der Waals surface area contributed by atoms with Crippen molar-refractivity contribution >= 4 is 29.7 Å². The molecule has 3 heterocycles. The fourth-order valence-corrected chi connectivity index (χ4v) is 5.02. The van der Waals surface area contributed by atoms with Crippen molar-refractivity contribution in [2.24, 2.45) is 12.5 Å². The van der Waals surface area contributed by atoms with E-state index >= 15 is 0 Å². The van der Waals surface area contributed by atoms with E-state index in [1.165, 1.54) is 18.4 Å². The summed E-state index contributed by atoms with van der Waals surface area (Å²) in [5.74, 6) is 0.148. The highest BCUT2D eigenvalue weighted by Gasteiger charge is 2.58. The summed E-state index contributed by atoms with van der Waals surface area (Å²) in [5, 5.41) is 12.2. The van der Waals surface area contributed by atoms with Crippen molar-refractivity contribution in [3.63, 3.8) is 0 Å². The van der Waals surface area contributed by atoms with Crippen LogP contribution in [-0.2, 0) is 13.6 Å². The molecule has 1 amide bonds. The molecule has 0 aromatic carbocycles. The Morgan fingerprint density at radius 1 is 1.42 bits per heavy atom. The average Bonchev–Trinajstić information content (AvgIpc) is 2.94. The van der Waals surface area contributed by atoms with E-state index in [0.717, 1.165) is 36.5 Å². The molecule has 2 aromatic rings. The fraction of sp³-hybridized carbons (Fsp3) is 0.579. The van der Waals surface area contributed by atoms with Crippen LogP contribution < -0.4 is 5.32 Å². The van der Waals surface area contributed by atoms with E-state index < -0.39 is 0 Å². The zero-order valence-electron chi connectivity index (χ0n) is 15.6. The van der Waals surface area contributed by atoms with Crippen LogP contribution in [0.3, 0.4) is 0 Å². The van der Waals surface area contributed by atoms with Gasteiger partial charge in [0.1, 0.15) is 0 Å². The number of amides is 1. The van der Waals surface area contributed by atoms with Crippen molar-refractivity contribution in [3.8, 4) is 0 Å². The molecule has 2 aliphatic rings. The second-order valence-electron chi connectivity index (χ2n) is 7.57. The second kappa shape index (κ2) is 7.33. The molecular formula is C19H27ClN4OS. The molecule has 1 aliphatic heterocycles. The summed E-state index contributed by atoms with van der Waals surface area (Å²) in [7, 11) is 1.91. The molecule has 4 rings (SSSR count). The van der Waals surface area contributed by atoms with Crippen LogP contribution in [0, 0.1) is 19.3 Å². The second-order valence-corrected chi connectivity index (χ2v) is 8.35. The number of aromatic nitrogens is 2. The summed E-state index contributed by atoms with van der Waals surface area (Å²) in [4.78, 5) is 15.6. The molecule has 142 valence electrons. The maximum Gasteiger partial charge on any atom is 0.258 e. The fourth-order valence-electron chi connectivity index (χ4n) is 4.36. The third-order valence-electron chi connectivity index (χ3n) is 6.04. The molecule has 1 saturated heterocycles. The number of thiophene rings is 1. The Bertz CT molecular complexity index is 780. The van der Waals surface area contributed by atoms with E-state index in [1.807, 2.05) is 25.6 Å². The summed E-state index contributed by atoms with van der Waals surface area (Å²) >= 11 is 1.69. The zero-order chi connectivity index (χ0) is 17.6. The minimum Gasteiger partial charge on any atom is -0.331 e. The quantitative estimate of drug-likeness (QED) is 0.865. The van der Waals surface area contributed by atoms with Crippen LogP contribution in [0.5, 0.6) is 0 Å². The molecule has 0 bridgehead atoms.